The molecule has 1 fully saturated rings. The molecule has 0 atom stereocenters. The van der Waals surface area contributed by atoms with Crippen molar-refractivity contribution < 1.29 is 17.9 Å². The second-order valence-electron chi connectivity index (χ2n) is 9.03. The molecule has 7 nitrogen and oxygen atoms in total. The Hall–Kier alpha value is -3.36. The van der Waals surface area contributed by atoms with E-state index in [9.17, 15) is 13.2 Å². The van der Waals surface area contributed by atoms with Crippen molar-refractivity contribution in [1.29, 1.82) is 0 Å². The number of aryl methyl sites for hydroxylation is 1. The highest BCUT2D eigenvalue weighted by molar-refractivity contribution is 7.89. The smallest absolute Gasteiger partial charge is 0.253 e. The lowest BCUT2D eigenvalue weighted by Gasteiger charge is -2.34. The maximum atomic E-state index is 13.0. The van der Waals surface area contributed by atoms with Crippen molar-refractivity contribution in [2.75, 3.05) is 31.6 Å². The zero-order valence-corrected chi connectivity index (χ0v) is 21.6. The molecule has 1 aliphatic heterocycles. The summed E-state index contributed by atoms with van der Waals surface area (Å²) in [6.07, 6.45) is 1.99. The van der Waals surface area contributed by atoms with E-state index in [0.29, 0.717) is 44.5 Å². The number of hydrogen-bond donors (Lipinski definition) is 2. The first-order valence-corrected chi connectivity index (χ1v) is 13.7. The molecule has 1 amide bonds. The van der Waals surface area contributed by atoms with Gasteiger partial charge in [0.25, 0.3) is 5.91 Å². The summed E-state index contributed by atoms with van der Waals surface area (Å²) in [6, 6.07) is 22.1. The molecule has 0 unspecified atom stereocenters. The SMILES string of the molecule is COc1ccccc1CCNC(=O)c1ccccc1N1CCC(NS(=O)(=O)c2ccc(C)cc2)CC1. The summed E-state index contributed by atoms with van der Waals surface area (Å²) in [5, 5.41) is 3.03. The van der Waals surface area contributed by atoms with Crippen LogP contribution in [0.15, 0.2) is 77.7 Å². The number of carbonyl (C=O) groups is 1. The molecule has 190 valence electrons. The zero-order chi connectivity index (χ0) is 25.5. The van der Waals surface area contributed by atoms with Gasteiger partial charge in [-0.3, -0.25) is 4.79 Å². The summed E-state index contributed by atoms with van der Waals surface area (Å²) < 4.78 is 33.8. The summed E-state index contributed by atoms with van der Waals surface area (Å²) in [4.78, 5) is 15.5. The van der Waals surface area contributed by atoms with E-state index in [1.165, 1.54) is 0 Å². The monoisotopic (exact) mass is 507 g/mol. The Kier molecular flexibility index (Phi) is 8.28. The minimum absolute atomic E-state index is 0.123. The normalized spacial score (nSPS) is 14.4. The number of hydrogen-bond acceptors (Lipinski definition) is 5. The molecule has 2 N–H and O–H groups in total. The van der Waals surface area contributed by atoms with E-state index < -0.39 is 10.0 Å². The second-order valence-corrected chi connectivity index (χ2v) is 10.7. The van der Waals surface area contributed by atoms with Crippen molar-refractivity contribution >= 4 is 21.6 Å². The number of piperidine rings is 1. The third kappa shape index (κ3) is 6.25. The van der Waals surface area contributed by atoms with Gasteiger partial charge in [0.15, 0.2) is 0 Å². The molecule has 0 radical (unpaired) electrons. The Morgan fingerprint density at radius 2 is 1.64 bits per heavy atom. The van der Waals surface area contributed by atoms with Gasteiger partial charge in [-0.1, -0.05) is 48.0 Å². The van der Waals surface area contributed by atoms with Gasteiger partial charge in [0.1, 0.15) is 5.75 Å². The Morgan fingerprint density at radius 3 is 2.36 bits per heavy atom. The highest BCUT2D eigenvalue weighted by atomic mass is 32.2. The van der Waals surface area contributed by atoms with Crippen molar-refractivity contribution in [3.63, 3.8) is 0 Å². The van der Waals surface area contributed by atoms with E-state index in [4.69, 9.17) is 4.74 Å². The molecule has 0 aromatic heterocycles. The minimum Gasteiger partial charge on any atom is -0.496 e. The molecule has 1 aliphatic rings. The standard InChI is InChI=1S/C28H33N3O4S/c1-21-11-13-24(14-12-21)36(33,34)30-23-16-19-31(20-17-23)26-9-5-4-8-25(26)28(32)29-18-15-22-7-3-6-10-27(22)35-2/h3-14,23,30H,15-20H2,1-2H3,(H,29,32). The number of carbonyl (C=O) groups excluding carboxylic acids is 1. The van der Waals surface area contributed by atoms with Crippen LogP contribution in [0, 0.1) is 6.92 Å². The lowest BCUT2D eigenvalue weighted by molar-refractivity contribution is 0.0954. The molecule has 8 heteroatoms. The number of benzene rings is 3. The van der Waals surface area contributed by atoms with Crippen LogP contribution in [-0.2, 0) is 16.4 Å². The fourth-order valence-corrected chi connectivity index (χ4v) is 5.80. The van der Waals surface area contributed by atoms with Gasteiger partial charge >= 0.3 is 0 Å². The summed E-state index contributed by atoms with van der Waals surface area (Å²) in [6.45, 7) is 3.74. The van der Waals surface area contributed by atoms with E-state index in [1.807, 2.05) is 55.5 Å². The molecular formula is C28H33N3O4S. The fourth-order valence-electron chi connectivity index (χ4n) is 4.50. The van der Waals surface area contributed by atoms with Gasteiger partial charge in [0.05, 0.1) is 17.6 Å². The fraction of sp³-hybridized carbons (Fsp3) is 0.321. The average molecular weight is 508 g/mol. The van der Waals surface area contributed by atoms with Crippen LogP contribution in [0.3, 0.4) is 0 Å². The molecule has 1 saturated heterocycles. The first-order chi connectivity index (χ1) is 17.4. The predicted octanol–water partition coefficient (Wildman–Crippen LogP) is 3.92. The summed E-state index contributed by atoms with van der Waals surface area (Å²) in [5.74, 6) is 0.690. The number of ether oxygens (including phenoxy) is 1. The number of sulfonamides is 1. The molecule has 0 spiro atoms. The van der Waals surface area contributed by atoms with E-state index in [2.05, 4.69) is 14.9 Å². The van der Waals surface area contributed by atoms with Gasteiger partial charge in [-0.15, -0.1) is 0 Å². The zero-order valence-electron chi connectivity index (χ0n) is 20.7. The van der Waals surface area contributed by atoms with Crippen LogP contribution in [-0.4, -0.2) is 47.1 Å². The number of nitrogens with one attached hydrogen (secondary N) is 2. The molecule has 0 saturated carbocycles. The van der Waals surface area contributed by atoms with Crippen LogP contribution in [0.1, 0.15) is 34.3 Å². The Morgan fingerprint density at radius 1 is 0.972 bits per heavy atom. The summed E-state index contributed by atoms with van der Waals surface area (Å²) >= 11 is 0. The minimum atomic E-state index is -3.56. The average Bonchev–Trinajstić information content (AvgIpc) is 2.89. The van der Waals surface area contributed by atoms with Gasteiger partial charge < -0.3 is 15.0 Å². The van der Waals surface area contributed by atoms with Crippen LogP contribution in [0.4, 0.5) is 5.69 Å². The number of rotatable bonds is 9. The topological polar surface area (TPSA) is 87.7 Å². The Bertz CT molecular complexity index is 1280. The molecule has 3 aromatic rings. The molecule has 0 bridgehead atoms. The third-order valence-electron chi connectivity index (χ3n) is 6.51. The van der Waals surface area contributed by atoms with Crippen LogP contribution in [0.2, 0.25) is 0 Å². The van der Waals surface area contributed by atoms with Gasteiger partial charge in [-0.2, -0.15) is 0 Å². The summed E-state index contributed by atoms with van der Waals surface area (Å²) in [5.41, 5.74) is 3.55. The highest BCUT2D eigenvalue weighted by Gasteiger charge is 2.26. The van der Waals surface area contributed by atoms with Crippen molar-refractivity contribution in [1.82, 2.24) is 10.0 Å². The maximum Gasteiger partial charge on any atom is 0.253 e. The Labute approximate surface area is 213 Å². The van der Waals surface area contributed by atoms with E-state index in [0.717, 1.165) is 22.6 Å². The summed E-state index contributed by atoms with van der Waals surface area (Å²) in [7, 11) is -1.92. The van der Waals surface area contributed by atoms with E-state index in [1.54, 1.807) is 31.4 Å². The van der Waals surface area contributed by atoms with Crippen LogP contribution < -0.4 is 19.7 Å². The van der Waals surface area contributed by atoms with Gasteiger partial charge in [0.2, 0.25) is 10.0 Å². The number of para-hydroxylation sites is 2. The molecule has 0 aliphatic carbocycles. The van der Waals surface area contributed by atoms with Crippen molar-refractivity contribution in [3.8, 4) is 5.75 Å². The predicted molar refractivity (Wildman–Crippen MR) is 142 cm³/mol. The lowest BCUT2D eigenvalue weighted by atomic mass is 10.0. The largest absolute Gasteiger partial charge is 0.496 e. The molecule has 4 rings (SSSR count). The van der Waals surface area contributed by atoms with Crippen molar-refractivity contribution in [2.45, 2.75) is 37.1 Å². The third-order valence-corrected chi connectivity index (χ3v) is 8.05. The van der Waals surface area contributed by atoms with E-state index >= 15 is 0 Å². The van der Waals surface area contributed by atoms with Crippen molar-refractivity contribution in [2.24, 2.45) is 0 Å². The Balaban J connectivity index is 1.34. The van der Waals surface area contributed by atoms with Gasteiger partial charge in [-0.05, 0) is 62.1 Å². The molecule has 3 aromatic carbocycles. The highest BCUT2D eigenvalue weighted by Crippen LogP contribution is 2.25. The number of anilines is 1. The van der Waals surface area contributed by atoms with E-state index in [-0.39, 0.29) is 16.8 Å². The molecule has 1 heterocycles. The van der Waals surface area contributed by atoms with Crippen LogP contribution >= 0.6 is 0 Å². The van der Waals surface area contributed by atoms with Crippen LogP contribution in [0.25, 0.3) is 0 Å². The maximum absolute atomic E-state index is 13.0. The molecular weight excluding hydrogens is 474 g/mol. The first-order valence-electron chi connectivity index (χ1n) is 12.2. The number of nitrogens with zero attached hydrogens (tertiary/aromatic N) is 1. The lowest BCUT2D eigenvalue weighted by Crippen LogP contribution is -2.45. The van der Waals surface area contributed by atoms with Gasteiger partial charge in [-0.25, -0.2) is 13.1 Å². The molecule has 36 heavy (non-hydrogen) atoms. The van der Waals surface area contributed by atoms with Crippen molar-refractivity contribution in [3.05, 3.63) is 89.5 Å². The quantitative estimate of drug-likeness (QED) is 0.458. The number of methoxy groups -OCH3 is 1. The van der Waals surface area contributed by atoms with Crippen LogP contribution in [0.5, 0.6) is 5.75 Å². The second kappa shape index (κ2) is 11.6. The first kappa shape index (κ1) is 25.7. The van der Waals surface area contributed by atoms with Gasteiger partial charge in [0, 0.05) is 31.4 Å². The number of amides is 1.